The highest BCUT2D eigenvalue weighted by atomic mass is 127. The van der Waals surface area contributed by atoms with Crippen LogP contribution in [0.2, 0.25) is 0 Å². The summed E-state index contributed by atoms with van der Waals surface area (Å²) in [5, 5.41) is 4.26. The fourth-order valence-electron chi connectivity index (χ4n) is 3.09. The molecule has 140 valence electrons. The molecule has 8 nitrogen and oxygen atoms in total. The van der Waals surface area contributed by atoms with Gasteiger partial charge in [-0.2, -0.15) is 14.6 Å². The van der Waals surface area contributed by atoms with Crippen molar-refractivity contribution in [3.63, 3.8) is 0 Å². The Morgan fingerprint density at radius 1 is 1.19 bits per heavy atom. The normalized spacial score (nSPS) is 14.6. The zero-order valence-electron chi connectivity index (χ0n) is 14.9. The summed E-state index contributed by atoms with van der Waals surface area (Å²) in [5.74, 6) is 2.26. The van der Waals surface area contributed by atoms with Gasteiger partial charge in [0.05, 0.1) is 0 Å². The van der Waals surface area contributed by atoms with E-state index in [1.54, 1.807) is 4.52 Å². The number of fused-ring (bicyclic) bond motifs is 1. The highest BCUT2D eigenvalue weighted by Gasteiger charge is 2.23. The van der Waals surface area contributed by atoms with Crippen LogP contribution in [0, 0.1) is 10.5 Å². The number of amides is 1. The average Bonchev–Trinajstić information content (AvgIpc) is 3.15. The van der Waals surface area contributed by atoms with Gasteiger partial charge in [0.25, 0.3) is 11.7 Å². The molecular formula is C18H19IN6O2. The Kier molecular flexibility index (Phi) is 5.10. The second kappa shape index (κ2) is 7.67. The van der Waals surface area contributed by atoms with Crippen LogP contribution >= 0.6 is 22.6 Å². The van der Waals surface area contributed by atoms with E-state index in [2.05, 4.69) is 42.6 Å². The van der Waals surface area contributed by atoms with Crippen molar-refractivity contribution in [3.05, 3.63) is 45.9 Å². The number of benzene rings is 1. The van der Waals surface area contributed by atoms with Crippen LogP contribution in [0.15, 0.2) is 36.7 Å². The molecule has 3 aromatic rings. The summed E-state index contributed by atoms with van der Waals surface area (Å²) in [7, 11) is 0. The van der Waals surface area contributed by atoms with E-state index in [9.17, 15) is 4.79 Å². The molecule has 1 aliphatic rings. The van der Waals surface area contributed by atoms with Gasteiger partial charge in [-0.15, -0.1) is 0 Å². The summed E-state index contributed by atoms with van der Waals surface area (Å²) in [6, 6.07) is 9.67. The Balaban J connectivity index is 1.36. The van der Waals surface area contributed by atoms with Crippen molar-refractivity contribution in [2.24, 2.45) is 0 Å². The number of nitrogens with zero attached hydrogens (tertiary/aromatic N) is 6. The number of halogens is 1. The molecule has 0 aliphatic carbocycles. The van der Waals surface area contributed by atoms with Crippen LogP contribution in [0.3, 0.4) is 0 Å². The second-order valence-electron chi connectivity index (χ2n) is 6.34. The van der Waals surface area contributed by atoms with Gasteiger partial charge in [0.15, 0.2) is 6.61 Å². The summed E-state index contributed by atoms with van der Waals surface area (Å²) in [4.78, 5) is 25.0. The van der Waals surface area contributed by atoms with Gasteiger partial charge in [-0.1, -0.05) is 0 Å². The molecular weight excluding hydrogens is 459 g/mol. The van der Waals surface area contributed by atoms with Crippen molar-refractivity contribution < 1.29 is 9.53 Å². The smallest absolute Gasteiger partial charge is 0.260 e. The molecule has 1 aromatic carbocycles. The standard InChI is InChI=1S/C18H19IN6O2/c1-13-10-16(25-18(22-13)20-12-21-25)23-6-8-24(9-7-23)17(26)11-27-15-4-2-14(19)3-5-15/h2-5,10,12H,6-9,11H2,1H3. The highest BCUT2D eigenvalue weighted by Crippen LogP contribution is 2.18. The van der Waals surface area contributed by atoms with Crippen LogP contribution in [-0.4, -0.2) is 63.2 Å². The lowest BCUT2D eigenvalue weighted by molar-refractivity contribution is -0.133. The summed E-state index contributed by atoms with van der Waals surface area (Å²) in [6.45, 7) is 4.75. The van der Waals surface area contributed by atoms with Crippen LogP contribution in [0.1, 0.15) is 5.69 Å². The van der Waals surface area contributed by atoms with Gasteiger partial charge in [-0.05, 0) is 53.8 Å². The fraction of sp³-hybridized carbons (Fsp3) is 0.333. The predicted molar refractivity (Wildman–Crippen MR) is 109 cm³/mol. The second-order valence-corrected chi connectivity index (χ2v) is 7.58. The number of rotatable bonds is 4. The number of hydrogen-bond donors (Lipinski definition) is 0. The first-order valence-electron chi connectivity index (χ1n) is 8.68. The first-order valence-corrected chi connectivity index (χ1v) is 9.76. The molecule has 1 fully saturated rings. The number of carbonyl (C=O) groups is 1. The maximum absolute atomic E-state index is 12.5. The van der Waals surface area contributed by atoms with Gasteiger partial charge in [-0.3, -0.25) is 4.79 Å². The van der Waals surface area contributed by atoms with Crippen molar-refractivity contribution >= 4 is 40.1 Å². The number of hydrogen-bond acceptors (Lipinski definition) is 6. The lowest BCUT2D eigenvalue weighted by Gasteiger charge is -2.35. The van der Waals surface area contributed by atoms with Crippen LogP contribution in [0.4, 0.5) is 5.82 Å². The molecule has 2 aromatic heterocycles. The molecule has 1 saturated heterocycles. The summed E-state index contributed by atoms with van der Waals surface area (Å²) < 4.78 is 8.49. The van der Waals surface area contributed by atoms with Crippen LogP contribution in [-0.2, 0) is 4.79 Å². The van der Waals surface area contributed by atoms with Gasteiger partial charge in [0.1, 0.15) is 17.9 Å². The molecule has 1 aliphatic heterocycles. The van der Waals surface area contributed by atoms with Crippen LogP contribution in [0.25, 0.3) is 5.78 Å². The third-order valence-electron chi connectivity index (χ3n) is 4.49. The number of aryl methyl sites for hydroxylation is 1. The third-order valence-corrected chi connectivity index (χ3v) is 5.21. The van der Waals surface area contributed by atoms with Gasteiger partial charge < -0.3 is 14.5 Å². The van der Waals surface area contributed by atoms with E-state index < -0.39 is 0 Å². The number of ether oxygens (including phenoxy) is 1. The summed E-state index contributed by atoms with van der Waals surface area (Å²) in [6.07, 6.45) is 1.51. The van der Waals surface area contributed by atoms with Crippen molar-refractivity contribution in [1.82, 2.24) is 24.5 Å². The molecule has 0 radical (unpaired) electrons. The first kappa shape index (κ1) is 18.0. The zero-order chi connectivity index (χ0) is 18.8. The Hall–Kier alpha value is -2.43. The zero-order valence-corrected chi connectivity index (χ0v) is 17.0. The van der Waals surface area contributed by atoms with E-state index in [0.29, 0.717) is 24.6 Å². The van der Waals surface area contributed by atoms with E-state index in [1.165, 1.54) is 6.33 Å². The Morgan fingerprint density at radius 2 is 1.93 bits per heavy atom. The van der Waals surface area contributed by atoms with Gasteiger partial charge in [-0.25, -0.2) is 4.98 Å². The van der Waals surface area contributed by atoms with Gasteiger partial charge in [0, 0.05) is 41.5 Å². The summed E-state index contributed by atoms with van der Waals surface area (Å²) in [5.41, 5.74) is 0.898. The fourth-order valence-corrected chi connectivity index (χ4v) is 3.45. The highest BCUT2D eigenvalue weighted by molar-refractivity contribution is 14.1. The monoisotopic (exact) mass is 478 g/mol. The molecule has 3 heterocycles. The Bertz CT molecular complexity index is 950. The molecule has 27 heavy (non-hydrogen) atoms. The topological polar surface area (TPSA) is 75.9 Å². The lowest BCUT2D eigenvalue weighted by atomic mass is 10.3. The molecule has 0 atom stereocenters. The largest absolute Gasteiger partial charge is 0.484 e. The molecule has 4 rings (SSSR count). The molecule has 0 unspecified atom stereocenters. The molecule has 0 spiro atoms. The number of piperazine rings is 1. The number of carbonyl (C=O) groups excluding carboxylic acids is 1. The predicted octanol–water partition coefficient (Wildman–Crippen LogP) is 1.76. The molecule has 0 bridgehead atoms. The van der Waals surface area contributed by atoms with Crippen LogP contribution in [0.5, 0.6) is 5.75 Å². The van der Waals surface area contributed by atoms with Crippen molar-refractivity contribution in [2.75, 3.05) is 37.7 Å². The minimum atomic E-state index is 0.00464. The van der Waals surface area contributed by atoms with E-state index in [1.807, 2.05) is 42.2 Å². The minimum Gasteiger partial charge on any atom is -0.484 e. The molecule has 1 amide bonds. The minimum absolute atomic E-state index is 0.00464. The van der Waals surface area contributed by atoms with Crippen molar-refractivity contribution in [1.29, 1.82) is 0 Å². The first-order chi connectivity index (χ1) is 13.1. The van der Waals surface area contributed by atoms with E-state index >= 15 is 0 Å². The van der Waals surface area contributed by atoms with E-state index in [-0.39, 0.29) is 12.5 Å². The molecule has 9 heteroatoms. The quantitative estimate of drug-likeness (QED) is 0.533. The molecule has 0 saturated carbocycles. The Morgan fingerprint density at radius 3 is 2.67 bits per heavy atom. The van der Waals surface area contributed by atoms with Crippen LogP contribution < -0.4 is 9.64 Å². The maximum atomic E-state index is 12.5. The number of anilines is 1. The Labute approximate surface area is 170 Å². The summed E-state index contributed by atoms with van der Waals surface area (Å²) >= 11 is 2.24. The maximum Gasteiger partial charge on any atom is 0.260 e. The number of aromatic nitrogens is 4. The van der Waals surface area contributed by atoms with Gasteiger partial charge >= 0.3 is 0 Å². The average molecular weight is 478 g/mol. The lowest BCUT2D eigenvalue weighted by Crippen LogP contribution is -2.50. The van der Waals surface area contributed by atoms with Crippen molar-refractivity contribution in [2.45, 2.75) is 6.92 Å². The molecule has 0 N–H and O–H groups in total. The van der Waals surface area contributed by atoms with Crippen molar-refractivity contribution in [3.8, 4) is 5.75 Å². The van der Waals surface area contributed by atoms with E-state index in [0.717, 1.165) is 28.2 Å². The third kappa shape index (κ3) is 3.97. The van der Waals surface area contributed by atoms with E-state index in [4.69, 9.17) is 4.74 Å². The van der Waals surface area contributed by atoms with Gasteiger partial charge in [0.2, 0.25) is 0 Å². The SMILES string of the molecule is Cc1cc(N2CCN(C(=O)COc3ccc(I)cc3)CC2)n2ncnc2n1.